The lowest BCUT2D eigenvalue weighted by Crippen LogP contribution is -2.49. The molecule has 0 aliphatic carbocycles. The van der Waals surface area contributed by atoms with Crippen LogP contribution in [0.2, 0.25) is 0 Å². The Balaban J connectivity index is 2.89. The van der Waals surface area contributed by atoms with Gasteiger partial charge in [-0.1, -0.05) is 0 Å². The smallest absolute Gasteiger partial charge is 0.212 e. The van der Waals surface area contributed by atoms with Crippen molar-refractivity contribution in [3.05, 3.63) is 0 Å². The highest BCUT2D eigenvalue weighted by Gasteiger charge is 2.30. The minimum absolute atomic E-state index is 0.192. The predicted molar refractivity (Wildman–Crippen MR) is 48.4 cm³/mol. The number of rotatable bonds is 1. The fourth-order valence-electron chi connectivity index (χ4n) is 1.39. The van der Waals surface area contributed by atoms with Crippen LogP contribution in [-0.2, 0) is 14.8 Å². The zero-order chi connectivity index (χ0) is 10.1. The molecule has 1 aliphatic rings. The van der Waals surface area contributed by atoms with Crippen LogP contribution in [0.15, 0.2) is 0 Å². The molecule has 0 spiro atoms. The lowest BCUT2D eigenvalue weighted by atomic mass is 10.2. The van der Waals surface area contributed by atoms with Gasteiger partial charge in [0.15, 0.2) is 5.78 Å². The van der Waals surface area contributed by atoms with Gasteiger partial charge in [-0.2, -0.15) is 4.31 Å². The van der Waals surface area contributed by atoms with Crippen molar-refractivity contribution in [2.24, 2.45) is 5.73 Å². The molecule has 0 amide bonds. The quantitative estimate of drug-likeness (QED) is 0.614. The third kappa shape index (κ3) is 2.49. The SMILES string of the molecule is CS(=O)(=O)N1CCCCC(=O)C1N. The maximum atomic E-state index is 11.2. The summed E-state index contributed by atoms with van der Waals surface area (Å²) in [5.74, 6) is -0.192. The average molecular weight is 206 g/mol. The minimum atomic E-state index is -3.34. The van der Waals surface area contributed by atoms with Gasteiger partial charge >= 0.3 is 0 Å². The summed E-state index contributed by atoms with van der Waals surface area (Å²) in [5, 5.41) is 0. The van der Waals surface area contributed by atoms with Crippen molar-refractivity contribution >= 4 is 15.8 Å². The Hall–Kier alpha value is -0.460. The Bertz CT molecular complexity index is 299. The molecule has 2 N–H and O–H groups in total. The van der Waals surface area contributed by atoms with Crippen molar-refractivity contribution in [2.75, 3.05) is 12.8 Å². The van der Waals surface area contributed by atoms with Crippen molar-refractivity contribution in [1.29, 1.82) is 0 Å². The van der Waals surface area contributed by atoms with E-state index >= 15 is 0 Å². The molecule has 0 aromatic heterocycles. The number of ketones is 1. The Morgan fingerprint density at radius 2 is 2.08 bits per heavy atom. The van der Waals surface area contributed by atoms with E-state index in [4.69, 9.17) is 5.73 Å². The highest BCUT2D eigenvalue weighted by molar-refractivity contribution is 7.88. The van der Waals surface area contributed by atoms with Gasteiger partial charge in [0.2, 0.25) is 10.0 Å². The van der Waals surface area contributed by atoms with Crippen molar-refractivity contribution in [1.82, 2.24) is 4.31 Å². The largest absolute Gasteiger partial charge is 0.309 e. The second-order valence-electron chi connectivity index (χ2n) is 3.24. The van der Waals surface area contributed by atoms with Crippen molar-refractivity contribution in [3.8, 4) is 0 Å². The molecule has 0 aromatic rings. The molecule has 1 unspecified atom stereocenters. The van der Waals surface area contributed by atoms with Crippen LogP contribution in [0.1, 0.15) is 19.3 Å². The number of hydrogen-bond donors (Lipinski definition) is 1. The van der Waals surface area contributed by atoms with Crippen molar-refractivity contribution in [3.63, 3.8) is 0 Å². The molecule has 1 saturated heterocycles. The van der Waals surface area contributed by atoms with Gasteiger partial charge in [0.25, 0.3) is 0 Å². The van der Waals surface area contributed by atoms with E-state index in [-0.39, 0.29) is 5.78 Å². The molecule has 0 aromatic carbocycles. The van der Waals surface area contributed by atoms with Crippen LogP contribution in [0.3, 0.4) is 0 Å². The highest BCUT2D eigenvalue weighted by atomic mass is 32.2. The fraction of sp³-hybridized carbons (Fsp3) is 0.857. The Morgan fingerprint density at radius 3 is 2.62 bits per heavy atom. The molecule has 0 saturated carbocycles. The maximum absolute atomic E-state index is 11.2. The first-order valence-corrected chi connectivity index (χ1v) is 6.03. The number of nitrogens with zero attached hydrogens (tertiary/aromatic N) is 1. The minimum Gasteiger partial charge on any atom is -0.309 e. The van der Waals surface area contributed by atoms with Crippen LogP contribution >= 0.6 is 0 Å². The topological polar surface area (TPSA) is 80.5 Å². The van der Waals surface area contributed by atoms with E-state index in [2.05, 4.69) is 0 Å². The molecule has 0 radical (unpaired) electrons. The lowest BCUT2D eigenvalue weighted by molar-refractivity contribution is -0.122. The normalized spacial score (nSPS) is 27.2. The average Bonchev–Trinajstić information content (AvgIpc) is 2.14. The predicted octanol–water partition coefficient (Wildman–Crippen LogP) is -0.714. The number of sulfonamides is 1. The Kier molecular flexibility index (Phi) is 3.05. The van der Waals surface area contributed by atoms with Gasteiger partial charge in [-0.05, 0) is 12.8 Å². The molecular weight excluding hydrogens is 192 g/mol. The molecule has 6 heteroatoms. The second kappa shape index (κ2) is 3.73. The molecule has 1 atom stereocenters. The number of carbonyl (C=O) groups is 1. The summed E-state index contributed by atoms with van der Waals surface area (Å²) in [6.45, 7) is 0.353. The van der Waals surface area contributed by atoms with E-state index < -0.39 is 16.2 Å². The number of nitrogens with two attached hydrogens (primary N) is 1. The molecule has 5 nitrogen and oxygen atoms in total. The summed E-state index contributed by atoms with van der Waals surface area (Å²) in [5.41, 5.74) is 5.51. The summed E-state index contributed by atoms with van der Waals surface area (Å²) >= 11 is 0. The van der Waals surface area contributed by atoms with Crippen LogP contribution in [0, 0.1) is 0 Å². The fourth-order valence-corrected chi connectivity index (χ4v) is 2.38. The summed E-state index contributed by atoms with van der Waals surface area (Å²) < 4.78 is 23.4. The standard InChI is InChI=1S/C7H14N2O3S/c1-13(11,12)9-5-3-2-4-6(10)7(9)8/h7H,2-5,8H2,1H3. The van der Waals surface area contributed by atoms with Crippen molar-refractivity contribution < 1.29 is 13.2 Å². The van der Waals surface area contributed by atoms with Crippen LogP contribution in [0.25, 0.3) is 0 Å². The number of hydrogen-bond acceptors (Lipinski definition) is 4. The zero-order valence-electron chi connectivity index (χ0n) is 7.56. The molecule has 1 heterocycles. The first-order valence-electron chi connectivity index (χ1n) is 4.18. The van der Waals surface area contributed by atoms with E-state index in [1.807, 2.05) is 0 Å². The highest BCUT2D eigenvalue weighted by Crippen LogP contribution is 2.13. The summed E-state index contributed by atoms with van der Waals surface area (Å²) in [6, 6.07) is 0. The van der Waals surface area contributed by atoms with Gasteiger partial charge in [-0.3, -0.25) is 4.79 Å². The third-order valence-electron chi connectivity index (χ3n) is 2.12. The van der Waals surface area contributed by atoms with E-state index in [1.54, 1.807) is 0 Å². The molecule has 1 rings (SSSR count). The van der Waals surface area contributed by atoms with Crippen LogP contribution in [0.4, 0.5) is 0 Å². The van der Waals surface area contributed by atoms with Crippen LogP contribution < -0.4 is 5.73 Å². The van der Waals surface area contributed by atoms with Crippen molar-refractivity contribution in [2.45, 2.75) is 25.4 Å². The van der Waals surface area contributed by atoms with Gasteiger partial charge in [0, 0.05) is 13.0 Å². The first-order chi connectivity index (χ1) is 5.93. The Morgan fingerprint density at radius 1 is 1.46 bits per heavy atom. The first kappa shape index (κ1) is 10.6. The molecule has 13 heavy (non-hydrogen) atoms. The third-order valence-corrected chi connectivity index (χ3v) is 3.38. The van der Waals surface area contributed by atoms with E-state index in [0.717, 1.165) is 17.0 Å². The Labute approximate surface area is 77.9 Å². The summed E-state index contributed by atoms with van der Waals surface area (Å²) in [7, 11) is -3.34. The summed E-state index contributed by atoms with van der Waals surface area (Å²) in [6.07, 6.45) is 1.90. The van der Waals surface area contributed by atoms with Gasteiger partial charge in [0.05, 0.1) is 6.26 Å². The van der Waals surface area contributed by atoms with Gasteiger partial charge in [-0.25, -0.2) is 8.42 Å². The number of carbonyl (C=O) groups excluding carboxylic acids is 1. The van der Waals surface area contributed by atoms with E-state index in [0.29, 0.717) is 19.4 Å². The molecule has 76 valence electrons. The second-order valence-corrected chi connectivity index (χ2v) is 5.18. The van der Waals surface area contributed by atoms with E-state index in [9.17, 15) is 13.2 Å². The molecule has 1 fully saturated rings. The van der Waals surface area contributed by atoms with E-state index in [1.165, 1.54) is 0 Å². The zero-order valence-corrected chi connectivity index (χ0v) is 8.38. The molecular formula is C7H14N2O3S. The summed E-state index contributed by atoms with van der Waals surface area (Å²) in [4.78, 5) is 11.2. The maximum Gasteiger partial charge on any atom is 0.212 e. The monoisotopic (exact) mass is 206 g/mol. The van der Waals surface area contributed by atoms with Gasteiger partial charge < -0.3 is 5.73 Å². The lowest BCUT2D eigenvalue weighted by Gasteiger charge is -2.22. The number of Topliss-reactive ketones (excluding diaryl/α,β-unsaturated/α-hetero) is 1. The molecule has 0 bridgehead atoms. The van der Waals surface area contributed by atoms with Crippen LogP contribution in [-0.4, -0.2) is 37.5 Å². The van der Waals surface area contributed by atoms with Gasteiger partial charge in [0.1, 0.15) is 6.17 Å². The molecule has 1 aliphatic heterocycles. The van der Waals surface area contributed by atoms with Crippen LogP contribution in [0.5, 0.6) is 0 Å². The van der Waals surface area contributed by atoms with Gasteiger partial charge in [-0.15, -0.1) is 0 Å².